The first-order valence-electron chi connectivity index (χ1n) is 8.51. The van der Waals surface area contributed by atoms with Crippen molar-refractivity contribution in [2.24, 2.45) is 0 Å². The summed E-state index contributed by atoms with van der Waals surface area (Å²) in [5.74, 6) is -0.336. The maximum absolute atomic E-state index is 12.9. The fourth-order valence-corrected chi connectivity index (χ4v) is 3.84. The number of benzene rings is 2. The van der Waals surface area contributed by atoms with Crippen LogP contribution in [0.5, 0.6) is 0 Å². The Kier molecular flexibility index (Phi) is 7.44. The number of nitrogens with zero attached hydrogens (tertiary/aromatic N) is 1. The molecule has 0 radical (unpaired) electrons. The second-order valence-corrected chi connectivity index (χ2v) is 7.93. The van der Waals surface area contributed by atoms with Gasteiger partial charge in [-0.1, -0.05) is 12.1 Å². The lowest BCUT2D eigenvalue weighted by atomic mass is 10.1. The second kappa shape index (κ2) is 9.58. The summed E-state index contributed by atoms with van der Waals surface area (Å²) in [5.41, 5.74) is 0.726. The summed E-state index contributed by atoms with van der Waals surface area (Å²) in [6.45, 7) is 2.16. The zero-order chi connectivity index (χ0) is 20.7. The van der Waals surface area contributed by atoms with E-state index >= 15 is 0 Å². The van der Waals surface area contributed by atoms with E-state index in [2.05, 4.69) is 10.0 Å². The monoisotopic (exact) mass is 411 g/mol. The Hall–Kier alpha value is -2.56. The molecule has 10 heteroatoms. The molecule has 0 unspecified atom stereocenters. The number of anilines is 1. The number of nitro benzene ring substituents is 1. The average molecular weight is 411 g/mol. The van der Waals surface area contributed by atoms with Gasteiger partial charge in [0.2, 0.25) is 10.0 Å². The molecule has 2 aromatic carbocycles. The third-order valence-electron chi connectivity index (χ3n) is 3.89. The van der Waals surface area contributed by atoms with Crippen molar-refractivity contribution in [1.29, 1.82) is 0 Å². The first kappa shape index (κ1) is 21.7. The molecule has 2 rings (SSSR count). The van der Waals surface area contributed by atoms with E-state index < -0.39 is 21.0 Å². The van der Waals surface area contributed by atoms with E-state index in [4.69, 9.17) is 4.74 Å². The van der Waals surface area contributed by atoms with E-state index in [9.17, 15) is 22.9 Å². The molecule has 0 heterocycles. The molecule has 0 aliphatic heterocycles. The fraction of sp³-hybridized carbons (Fsp3) is 0.333. The lowest BCUT2D eigenvalue weighted by Gasteiger charge is -2.14. The van der Waals surface area contributed by atoms with Crippen LogP contribution in [0.25, 0.3) is 0 Å². The van der Waals surface area contributed by atoms with Gasteiger partial charge in [-0.15, -0.1) is 0 Å². The fourth-order valence-electron chi connectivity index (χ4n) is 2.59. The standard InChI is InChI=1S/C18H22FN3O5S/c1-13(12-27-2)21-28(25,26)16-7-8-17(18(11-16)22(23)24)20-10-9-14-3-5-15(19)6-4-14/h3-8,11,13,20-21H,9-10,12H2,1-2H3/t13-/m1/s1. The predicted octanol–water partition coefficient (Wildman–Crippen LogP) is 2.70. The lowest BCUT2D eigenvalue weighted by Crippen LogP contribution is -2.35. The second-order valence-electron chi connectivity index (χ2n) is 6.22. The van der Waals surface area contributed by atoms with Crippen LogP contribution in [0.1, 0.15) is 12.5 Å². The summed E-state index contributed by atoms with van der Waals surface area (Å²) in [4.78, 5) is 10.5. The van der Waals surface area contributed by atoms with E-state index in [1.165, 1.54) is 31.4 Å². The Balaban J connectivity index is 2.13. The highest BCUT2D eigenvalue weighted by molar-refractivity contribution is 7.89. The molecule has 152 valence electrons. The number of sulfonamides is 1. The van der Waals surface area contributed by atoms with Gasteiger partial charge in [0, 0.05) is 25.8 Å². The van der Waals surface area contributed by atoms with Gasteiger partial charge in [-0.05, 0) is 43.2 Å². The minimum absolute atomic E-state index is 0.171. The van der Waals surface area contributed by atoms with Crippen molar-refractivity contribution in [1.82, 2.24) is 4.72 Å². The summed E-state index contributed by atoms with van der Waals surface area (Å²) in [6, 6.07) is 9.14. The summed E-state index contributed by atoms with van der Waals surface area (Å²) < 4.78 is 45.0. The molecule has 0 bridgehead atoms. The van der Waals surface area contributed by atoms with Gasteiger partial charge in [-0.3, -0.25) is 10.1 Å². The third kappa shape index (κ3) is 5.98. The van der Waals surface area contributed by atoms with Gasteiger partial charge >= 0.3 is 0 Å². The van der Waals surface area contributed by atoms with Gasteiger partial charge in [-0.2, -0.15) is 0 Å². The van der Waals surface area contributed by atoms with Gasteiger partial charge in [-0.25, -0.2) is 17.5 Å². The molecule has 2 N–H and O–H groups in total. The van der Waals surface area contributed by atoms with Gasteiger partial charge in [0.15, 0.2) is 0 Å². The number of hydrogen-bond donors (Lipinski definition) is 2. The Bertz CT molecular complexity index is 919. The number of halogens is 1. The van der Waals surface area contributed by atoms with Crippen molar-refractivity contribution in [3.05, 3.63) is 64.0 Å². The van der Waals surface area contributed by atoms with Crippen LogP contribution in [0.2, 0.25) is 0 Å². The molecule has 1 atom stereocenters. The molecule has 0 spiro atoms. The van der Waals surface area contributed by atoms with E-state index in [0.717, 1.165) is 11.6 Å². The number of nitro groups is 1. The smallest absolute Gasteiger partial charge is 0.293 e. The topological polar surface area (TPSA) is 111 Å². The van der Waals surface area contributed by atoms with Crippen LogP contribution in [0.3, 0.4) is 0 Å². The summed E-state index contributed by atoms with van der Waals surface area (Å²) >= 11 is 0. The third-order valence-corrected chi connectivity index (χ3v) is 5.48. The van der Waals surface area contributed by atoms with Crippen LogP contribution in [0.15, 0.2) is 47.4 Å². The van der Waals surface area contributed by atoms with Crippen LogP contribution in [-0.4, -0.2) is 39.6 Å². The largest absolute Gasteiger partial charge is 0.383 e. The van der Waals surface area contributed by atoms with Crippen LogP contribution in [-0.2, 0) is 21.2 Å². The van der Waals surface area contributed by atoms with E-state index in [1.807, 2.05) is 0 Å². The zero-order valence-electron chi connectivity index (χ0n) is 15.5. The van der Waals surface area contributed by atoms with Crippen molar-refractivity contribution in [3.8, 4) is 0 Å². The first-order valence-corrected chi connectivity index (χ1v) is 9.99. The molecule has 0 saturated carbocycles. The van der Waals surface area contributed by atoms with E-state index in [-0.39, 0.29) is 28.7 Å². The van der Waals surface area contributed by atoms with Crippen molar-refractivity contribution in [2.45, 2.75) is 24.3 Å². The van der Waals surface area contributed by atoms with Crippen LogP contribution >= 0.6 is 0 Å². The van der Waals surface area contributed by atoms with Crippen molar-refractivity contribution in [3.63, 3.8) is 0 Å². The molecule has 2 aromatic rings. The molecule has 0 amide bonds. The highest BCUT2D eigenvalue weighted by Gasteiger charge is 2.22. The highest BCUT2D eigenvalue weighted by Crippen LogP contribution is 2.27. The number of rotatable bonds is 10. The lowest BCUT2D eigenvalue weighted by molar-refractivity contribution is -0.384. The number of ether oxygens (including phenoxy) is 1. The summed E-state index contributed by atoms with van der Waals surface area (Å²) in [6.07, 6.45) is 0.521. The molecular formula is C18H22FN3O5S. The molecule has 8 nitrogen and oxygen atoms in total. The van der Waals surface area contributed by atoms with Crippen LogP contribution in [0.4, 0.5) is 15.8 Å². The minimum Gasteiger partial charge on any atom is -0.383 e. The van der Waals surface area contributed by atoms with Gasteiger partial charge < -0.3 is 10.1 Å². The minimum atomic E-state index is -3.92. The number of methoxy groups -OCH3 is 1. The van der Waals surface area contributed by atoms with Crippen LogP contribution in [0, 0.1) is 15.9 Å². The molecule has 0 saturated heterocycles. The number of hydrogen-bond acceptors (Lipinski definition) is 6. The van der Waals surface area contributed by atoms with Gasteiger partial charge in [0.25, 0.3) is 5.69 Å². The first-order chi connectivity index (χ1) is 13.2. The predicted molar refractivity (Wildman–Crippen MR) is 103 cm³/mol. The van der Waals surface area contributed by atoms with Crippen molar-refractivity contribution < 1.29 is 22.5 Å². The van der Waals surface area contributed by atoms with E-state index in [1.54, 1.807) is 19.1 Å². The molecule has 0 fully saturated rings. The van der Waals surface area contributed by atoms with Crippen LogP contribution < -0.4 is 10.0 Å². The maximum atomic E-state index is 12.9. The SMILES string of the molecule is COC[C@@H](C)NS(=O)(=O)c1ccc(NCCc2ccc(F)cc2)c([N+](=O)[O-])c1. The zero-order valence-corrected chi connectivity index (χ0v) is 16.3. The van der Waals surface area contributed by atoms with Gasteiger partial charge in [0.1, 0.15) is 11.5 Å². The van der Waals surface area contributed by atoms with Gasteiger partial charge in [0.05, 0.1) is 16.4 Å². The average Bonchev–Trinajstić information content (AvgIpc) is 2.63. The summed E-state index contributed by atoms with van der Waals surface area (Å²) in [7, 11) is -2.47. The Morgan fingerprint density at radius 3 is 2.50 bits per heavy atom. The van der Waals surface area contributed by atoms with E-state index in [0.29, 0.717) is 13.0 Å². The molecular weight excluding hydrogens is 389 g/mol. The molecule has 0 aliphatic rings. The normalized spacial score (nSPS) is 12.5. The van der Waals surface area contributed by atoms with Crippen molar-refractivity contribution in [2.75, 3.05) is 25.6 Å². The Morgan fingerprint density at radius 2 is 1.89 bits per heavy atom. The summed E-state index contributed by atoms with van der Waals surface area (Å²) in [5, 5.41) is 14.3. The maximum Gasteiger partial charge on any atom is 0.293 e. The number of nitrogens with one attached hydrogen (secondary N) is 2. The molecule has 0 aromatic heterocycles. The molecule has 28 heavy (non-hydrogen) atoms. The quantitative estimate of drug-likeness (QED) is 0.459. The van der Waals surface area contributed by atoms with Crippen molar-refractivity contribution >= 4 is 21.4 Å². The molecule has 0 aliphatic carbocycles. The Labute approximate surface area is 162 Å². The Morgan fingerprint density at radius 1 is 1.21 bits per heavy atom. The highest BCUT2D eigenvalue weighted by atomic mass is 32.2.